The summed E-state index contributed by atoms with van der Waals surface area (Å²) in [5, 5.41) is 0. The van der Waals surface area contributed by atoms with E-state index in [9.17, 15) is 0 Å². The molecule has 2 bridgehead atoms. The molecule has 0 aromatic rings. The molecule has 3 aliphatic rings. The van der Waals surface area contributed by atoms with Crippen LogP contribution in [-0.2, 0) is 0 Å². The highest BCUT2D eigenvalue weighted by Crippen LogP contribution is 2.20. The van der Waals surface area contributed by atoms with Crippen LogP contribution in [-0.4, -0.2) is 24.5 Å². The largest absolute Gasteiger partial charge is 0.300 e. The van der Waals surface area contributed by atoms with Crippen LogP contribution in [0.15, 0.2) is 12.2 Å². The predicted molar refractivity (Wildman–Crippen MR) is 38.3 cm³/mol. The van der Waals surface area contributed by atoms with Gasteiger partial charge < -0.3 is 0 Å². The lowest BCUT2D eigenvalue weighted by molar-refractivity contribution is 0.234. The van der Waals surface area contributed by atoms with E-state index >= 15 is 0 Å². The van der Waals surface area contributed by atoms with E-state index in [1.54, 1.807) is 0 Å². The Labute approximate surface area is 56.4 Å². The van der Waals surface area contributed by atoms with Gasteiger partial charge in [-0.05, 0) is 31.8 Å². The highest BCUT2D eigenvalue weighted by atomic mass is 15.1. The predicted octanol–water partition coefficient (Wildman–Crippen LogP) is 1.27. The van der Waals surface area contributed by atoms with Gasteiger partial charge in [0.1, 0.15) is 0 Å². The molecule has 1 saturated heterocycles. The van der Waals surface area contributed by atoms with E-state index in [1.807, 2.05) is 0 Å². The summed E-state index contributed by atoms with van der Waals surface area (Å²) in [6.45, 7) is 3.87. The van der Waals surface area contributed by atoms with Gasteiger partial charge in [-0.25, -0.2) is 0 Å². The summed E-state index contributed by atoms with van der Waals surface area (Å²) in [6.07, 6.45) is 7.52. The molecule has 0 aromatic carbocycles. The Morgan fingerprint density at radius 3 is 2.78 bits per heavy atom. The zero-order valence-corrected chi connectivity index (χ0v) is 5.71. The molecule has 0 aliphatic carbocycles. The maximum atomic E-state index is 2.53. The monoisotopic (exact) mass is 123 g/mol. The summed E-state index contributed by atoms with van der Waals surface area (Å²) >= 11 is 0. The van der Waals surface area contributed by atoms with Crippen molar-refractivity contribution in [2.75, 3.05) is 19.6 Å². The van der Waals surface area contributed by atoms with E-state index in [1.165, 1.54) is 32.5 Å². The number of piperidine rings is 1. The van der Waals surface area contributed by atoms with Crippen molar-refractivity contribution in [1.82, 2.24) is 4.90 Å². The summed E-state index contributed by atoms with van der Waals surface area (Å²) in [7, 11) is 0. The molecule has 3 heterocycles. The van der Waals surface area contributed by atoms with Crippen LogP contribution in [0.2, 0.25) is 0 Å². The maximum absolute atomic E-state index is 2.53. The Kier molecular flexibility index (Phi) is 1.31. The van der Waals surface area contributed by atoms with Crippen LogP contribution >= 0.6 is 0 Å². The summed E-state index contributed by atoms with van der Waals surface area (Å²) in [6, 6.07) is 0. The minimum absolute atomic E-state index is 0.920. The van der Waals surface area contributed by atoms with Gasteiger partial charge in [-0.1, -0.05) is 12.2 Å². The Balaban J connectivity index is 2.13. The Morgan fingerprint density at radius 2 is 2.00 bits per heavy atom. The lowest BCUT2D eigenvalue weighted by atomic mass is 9.99. The fraction of sp³-hybridized carbons (Fsp3) is 0.750. The van der Waals surface area contributed by atoms with Crippen LogP contribution in [0.1, 0.15) is 12.8 Å². The number of nitrogens with zero attached hydrogens (tertiary/aromatic N) is 1. The smallest absolute Gasteiger partial charge is 0.0163 e. The summed E-state index contributed by atoms with van der Waals surface area (Å²) in [5.74, 6) is 0.920. The molecule has 50 valence electrons. The molecule has 0 unspecified atom stereocenters. The molecule has 3 aliphatic heterocycles. The van der Waals surface area contributed by atoms with Gasteiger partial charge in [0.25, 0.3) is 0 Å². The first-order chi connectivity index (χ1) is 4.45. The summed E-state index contributed by atoms with van der Waals surface area (Å²) < 4.78 is 0. The van der Waals surface area contributed by atoms with Crippen molar-refractivity contribution >= 4 is 0 Å². The molecule has 0 atom stereocenters. The summed E-state index contributed by atoms with van der Waals surface area (Å²) in [5.41, 5.74) is 0. The number of hydrogen-bond donors (Lipinski definition) is 0. The van der Waals surface area contributed by atoms with Gasteiger partial charge in [0.05, 0.1) is 0 Å². The third kappa shape index (κ3) is 1.01. The van der Waals surface area contributed by atoms with Crippen molar-refractivity contribution in [2.45, 2.75) is 12.8 Å². The molecule has 1 nitrogen and oxygen atoms in total. The van der Waals surface area contributed by atoms with Crippen LogP contribution < -0.4 is 0 Å². The topological polar surface area (TPSA) is 3.24 Å². The third-order valence-electron chi connectivity index (χ3n) is 2.40. The number of fused-ring (bicyclic) bond motifs is 3. The Hall–Kier alpha value is -0.300. The molecule has 0 saturated carbocycles. The summed E-state index contributed by atoms with van der Waals surface area (Å²) in [4.78, 5) is 2.53. The SMILES string of the molecule is C1=CC2CCN(C1)CC2. The van der Waals surface area contributed by atoms with Crippen LogP contribution in [0.5, 0.6) is 0 Å². The van der Waals surface area contributed by atoms with E-state index in [0.29, 0.717) is 0 Å². The first kappa shape index (κ1) is 5.48. The normalized spacial score (nSPS) is 40.9. The van der Waals surface area contributed by atoms with Crippen LogP contribution in [0, 0.1) is 5.92 Å². The van der Waals surface area contributed by atoms with Gasteiger partial charge in [-0.15, -0.1) is 0 Å². The van der Waals surface area contributed by atoms with Crippen molar-refractivity contribution < 1.29 is 0 Å². The molecule has 0 amide bonds. The average molecular weight is 123 g/mol. The van der Waals surface area contributed by atoms with Crippen molar-refractivity contribution in [3.63, 3.8) is 0 Å². The van der Waals surface area contributed by atoms with Crippen molar-refractivity contribution in [3.8, 4) is 0 Å². The maximum Gasteiger partial charge on any atom is 0.0163 e. The highest BCUT2D eigenvalue weighted by molar-refractivity contribution is 4.97. The second-order valence-corrected chi connectivity index (χ2v) is 3.07. The van der Waals surface area contributed by atoms with E-state index in [2.05, 4.69) is 17.1 Å². The zero-order valence-electron chi connectivity index (χ0n) is 5.71. The molecule has 9 heavy (non-hydrogen) atoms. The fourth-order valence-electron chi connectivity index (χ4n) is 1.73. The molecule has 3 rings (SSSR count). The number of allylic oxidation sites excluding steroid dienone is 1. The highest BCUT2D eigenvalue weighted by Gasteiger charge is 2.18. The molecule has 0 N–H and O–H groups in total. The minimum atomic E-state index is 0.920. The van der Waals surface area contributed by atoms with Crippen molar-refractivity contribution in [2.24, 2.45) is 5.92 Å². The van der Waals surface area contributed by atoms with E-state index in [0.717, 1.165) is 5.92 Å². The first-order valence-electron chi connectivity index (χ1n) is 3.84. The van der Waals surface area contributed by atoms with Gasteiger partial charge in [-0.3, -0.25) is 4.90 Å². The molecule has 0 spiro atoms. The standard InChI is InChI=1S/C8H13N/c1-2-8-3-6-9(5-1)7-4-8/h1-2,8H,3-7H2. The molecular weight excluding hydrogens is 110 g/mol. The van der Waals surface area contributed by atoms with E-state index in [-0.39, 0.29) is 0 Å². The van der Waals surface area contributed by atoms with Gasteiger partial charge in [-0.2, -0.15) is 0 Å². The number of hydrogen-bond acceptors (Lipinski definition) is 1. The molecular formula is C8H13N. The van der Waals surface area contributed by atoms with Crippen molar-refractivity contribution in [3.05, 3.63) is 12.2 Å². The molecule has 1 heteroatoms. The Morgan fingerprint density at radius 1 is 1.22 bits per heavy atom. The van der Waals surface area contributed by atoms with Gasteiger partial charge in [0.15, 0.2) is 0 Å². The third-order valence-corrected chi connectivity index (χ3v) is 2.40. The lowest BCUT2D eigenvalue weighted by Crippen LogP contribution is -2.30. The zero-order chi connectivity index (χ0) is 6.10. The van der Waals surface area contributed by atoms with Crippen molar-refractivity contribution in [1.29, 1.82) is 0 Å². The Bertz CT molecular complexity index is 121. The fourth-order valence-corrected chi connectivity index (χ4v) is 1.73. The van der Waals surface area contributed by atoms with E-state index < -0.39 is 0 Å². The quantitative estimate of drug-likeness (QED) is 0.438. The molecule has 0 radical (unpaired) electrons. The van der Waals surface area contributed by atoms with Crippen LogP contribution in [0.3, 0.4) is 0 Å². The second kappa shape index (κ2) is 2.14. The minimum Gasteiger partial charge on any atom is -0.300 e. The molecule has 1 fully saturated rings. The van der Waals surface area contributed by atoms with Crippen LogP contribution in [0.4, 0.5) is 0 Å². The van der Waals surface area contributed by atoms with Gasteiger partial charge in [0, 0.05) is 6.54 Å². The first-order valence-corrected chi connectivity index (χ1v) is 3.84. The van der Waals surface area contributed by atoms with Crippen LogP contribution in [0.25, 0.3) is 0 Å². The van der Waals surface area contributed by atoms with Gasteiger partial charge in [0.2, 0.25) is 0 Å². The van der Waals surface area contributed by atoms with Gasteiger partial charge >= 0.3 is 0 Å². The average Bonchev–Trinajstić information content (AvgIpc) is 2.21. The molecule has 0 aromatic heterocycles. The van der Waals surface area contributed by atoms with E-state index in [4.69, 9.17) is 0 Å². The lowest BCUT2D eigenvalue weighted by Gasteiger charge is -2.26. The number of rotatable bonds is 0. The second-order valence-electron chi connectivity index (χ2n) is 3.07.